The van der Waals surface area contributed by atoms with Gasteiger partial charge in [-0.05, 0) is 25.8 Å². The maximum absolute atomic E-state index is 12.8. The summed E-state index contributed by atoms with van der Waals surface area (Å²) < 4.78 is 5.41. The number of piperidine rings is 1. The zero-order valence-corrected chi connectivity index (χ0v) is 14.7. The van der Waals surface area contributed by atoms with Crippen LogP contribution in [0, 0.1) is 0 Å². The molecule has 2 aromatic rings. The van der Waals surface area contributed by atoms with E-state index in [1.165, 1.54) is 11.3 Å². The van der Waals surface area contributed by atoms with E-state index >= 15 is 0 Å². The number of amides is 1. The number of halogens is 1. The molecule has 1 aromatic carbocycles. The fourth-order valence-corrected chi connectivity index (χ4v) is 4.11. The van der Waals surface area contributed by atoms with Gasteiger partial charge in [0.2, 0.25) is 0 Å². The number of benzene rings is 1. The van der Waals surface area contributed by atoms with Gasteiger partial charge in [-0.2, -0.15) is 0 Å². The number of carbonyl (C=O) groups is 1. The standard InChI is InChI=1S/C17H19ClN2O2S/c1-11-9-12(22-2)7-8-20(11)17(21)15-10-19-16(23-15)13-5-3-4-6-14(13)18/h3-6,10-12H,7-9H2,1-2H3/t11-,12+/m0/s1. The summed E-state index contributed by atoms with van der Waals surface area (Å²) in [6, 6.07) is 7.72. The first-order valence-electron chi connectivity index (χ1n) is 7.64. The van der Waals surface area contributed by atoms with Crippen LogP contribution in [0.2, 0.25) is 5.02 Å². The van der Waals surface area contributed by atoms with Crippen molar-refractivity contribution in [2.45, 2.75) is 31.9 Å². The lowest BCUT2D eigenvalue weighted by Gasteiger charge is -2.36. The lowest BCUT2D eigenvalue weighted by molar-refractivity contribution is 0.0162. The van der Waals surface area contributed by atoms with Gasteiger partial charge in [-0.3, -0.25) is 4.79 Å². The van der Waals surface area contributed by atoms with Gasteiger partial charge >= 0.3 is 0 Å². The minimum atomic E-state index is 0.0443. The average molecular weight is 351 g/mol. The molecule has 2 heterocycles. The van der Waals surface area contributed by atoms with Crippen LogP contribution in [0.1, 0.15) is 29.4 Å². The number of hydrogen-bond donors (Lipinski definition) is 0. The Morgan fingerprint density at radius 2 is 2.22 bits per heavy atom. The molecule has 0 saturated carbocycles. The molecule has 122 valence electrons. The van der Waals surface area contributed by atoms with E-state index in [1.807, 2.05) is 29.2 Å². The first-order chi connectivity index (χ1) is 11.1. The maximum atomic E-state index is 12.8. The van der Waals surface area contributed by atoms with Gasteiger partial charge in [0.25, 0.3) is 5.91 Å². The van der Waals surface area contributed by atoms with Gasteiger partial charge in [-0.15, -0.1) is 11.3 Å². The number of rotatable bonds is 3. The van der Waals surface area contributed by atoms with Crippen molar-refractivity contribution in [3.63, 3.8) is 0 Å². The Labute approximate surface area is 145 Å². The van der Waals surface area contributed by atoms with Crippen molar-refractivity contribution in [3.8, 4) is 10.6 Å². The van der Waals surface area contributed by atoms with Crippen molar-refractivity contribution in [1.82, 2.24) is 9.88 Å². The topological polar surface area (TPSA) is 42.4 Å². The first kappa shape index (κ1) is 16.4. The quantitative estimate of drug-likeness (QED) is 0.836. The van der Waals surface area contributed by atoms with Crippen LogP contribution in [0.4, 0.5) is 0 Å². The van der Waals surface area contributed by atoms with Crippen LogP contribution in [-0.4, -0.2) is 41.6 Å². The summed E-state index contributed by atoms with van der Waals surface area (Å²) in [4.78, 5) is 19.7. The molecule has 4 nitrogen and oxygen atoms in total. The number of thiazole rings is 1. The monoisotopic (exact) mass is 350 g/mol. The molecule has 0 N–H and O–H groups in total. The van der Waals surface area contributed by atoms with Crippen molar-refractivity contribution in [2.24, 2.45) is 0 Å². The van der Waals surface area contributed by atoms with Crippen LogP contribution in [0.3, 0.4) is 0 Å². The number of aromatic nitrogens is 1. The van der Waals surface area contributed by atoms with Crippen LogP contribution in [0.5, 0.6) is 0 Å². The highest BCUT2D eigenvalue weighted by Crippen LogP contribution is 2.32. The van der Waals surface area contributed by atoms with E-state index in [0.29, 0.717) is 9.90 Å². The molecule has 2 atom stereocenters. The minimum Gasteiger partial charge on any atom is -0.381 e. The van der Waals surface area contributed by atoms with Gasteiger partial charge in [0, 0.05) is 25.3 Å². The largest absolute Gasteiger partial charge is 0.381 e. The number of hydrogen-bond acceptors (Lipinski definition) is 4. The zero-order valence-electron chi connectivity index (χ0n) is 13.2. The summed E-state index contributed by atoms with van der Waals surface area (Å²) in [5, 5.41) is 1.42. The normalized spacial score (nSPS) is 21.4. The van der Waals surface area contributed by atoms with Gasteiger partial charge in [-0.1, -0.05) is 29.8 Å². The van der Waals surface area contributed by atoms with Crippen molar-refractivity contribution in [2.75, 3.05) is 13.7 Å². The van der Waals surface area contributed by atoms with Gasteiger partial charge in [0.1, 0.15) is 9.88 Å². The van der Waals surface area contributed by atoms with Crippen LogP contribution in [-0.2, 0) is 4.74 Å². The van der Waals surface area contributed by atoms with E-state index in [4.69, 9.17) is 16.3 Å². The summed E-state index contributed by atoms with van der Waals surface area (Å²) in [7, 11) is 1.73. The fourth-order valence-electron chi connectivity index (χ4n) is 2.92. The Hall–Kier alpha value is -1.43. The molecule has 0 radical (unpaired) electrons. The third kappa shape index (κ3) is 3.42. The fraction of sp³-hybridized carbons (Fsp3) is 0.412. The number of likely N-dealkylation sites (tertiary alicyclic amines) is 1. The molecule has 0 spiro atoms. The van der Waals surface area contributed by atoms with E-state index in [1.54, 1.807) is 13.3 Å². The Bertz CT molecular complexity index is 703. The number of methoxy groups -OCH3 is 1. The Balaban J connectivity index is 1.78. The van der Waals surface area contributed by atoms with Gasteiger partial charge < -0.3 is 9.64 Å². The molecule has 1 amide bonds. The molecule has 1 saturated heterocycles. The maximum Gasteiger partial charge on any atom is 0.265 e. The third-order valence-corrected chi connectivity index (χ3v) is 5.59. The highest BCUT2D eigenvalue weighted by molar-refractivity contribution is 7.17. The summed E-state index contributed by atoms with van der Waals surface area (Å²) >= 11 is 7.60. The first-order valence-corrected chi connectivity index (χ1v) is 8.84. The third-order valence-electron chi connectivity index (χ3n) is 4.24. The van der Waals surface area contributed by atoms with Crippen LogP contribution in [0.15, 0.2) is 30.5 Å². The minimum absolute atomic E-state index is 0.0443. The van der Waals surface area contributed by atoms with Gasteiger partial charge in [0.15, 0.2) is 0 Å². The molecule has 6 heteroatoms. The Morgan fingerprint density at radius 1 is 1.43 bits per heavy atom. The molecular weight excluding hydrogens is 332 g/mol. The van der Waals surface area contributed by atoms with Crippen LogP contribution < -0.4 is 0 Å². The highest BCUT2D eigenvalue weighted by Gasteiger charge is 2.30. The summed E-state index contributed by atoms with van der Waals surface area (Å²) in [5.41, 5.74) is 0.865. The molecule has 23 heavy (non-hydrogen) atoms. The molecule has 0 aliphatic carbocycles. The predicted molar refractivity (Wildman–Crippen MR) is 93.1 cm³/mol. The van der Waals surface area contributed by atoms with Crippen molar-refractivity contribution in [3.05, 3.63) is 40.4 Å². The second-order valence-electron chi connectivity index (χ2n) is 5.74. The summed E-state index contributed by atoms with van der Waals surface area (Å²) in [5.74, 6) is 0.0443. The van der Waals surface area contributed by atoms with E-state index in [9.17, 15) is 4.79 Å². The highest BCUT2D eigenvalue weighted by atomic mass is 35.5. The van der Waals surface area contributed by atoms with E-state index in [-0.39, 0.29) is 18.1 Å². The van der Waals surface area contributed by atoms with Crippen LogP contribution >= 0.6 is 22.9 Å². The van der Waals surface area contributed by atoms with E-state index < -0.39 is 0 Å². The van der Waals surface area contributed by atoms with E-state index in [0.717, 1.165) is 30.0 Å². The molecule has 0 bridgehead atoms. The lowest BCUT2D eigenvalue weighted by atomic mass is 10.0. The number of ether oxygens (including phenoxy) is 1. The van der Waals surface area contributed by atoms with Crippen molar-refractivity contribution in [1.29, 1.82) is 0 Å². The predicted octanol–water partition coefficient (Wildman–Crippen LogP) is 4.10. The SMILES string of the molecule is CO[C@@H]1CCN(C(=O)c2cnc(-c3ccccc3Cl)s2)[C@@H](C)C1. The molecular formula is C17H19ClN2O2S. The summed E-state index contributed by atoms with van der Waals surface area (Å²) in [6.07, 6.45) is 3.65. The van der Waals surface area contributed by atoms with Gasteiger partial charge in [-0.25, -0.2) is 4.98 Å². The van der Waals surface area contributed by atoms with Gasteiger partial charge in [0.05, 0.1) is 17.3 Å². The molecule has 1 aromatic heterocycles. The Morgan fingerprint density at radius 3 is 2.91 bits per heavy atom. The number of nitrogens with zero attached hydrogens (tertiary/aromatic N) is 2. The van der Waals surface area contributed by atoms with Crippen molar-refractivity contribution >= 4 is 28.8 Å². The Kier molecular flexibility index (Phi) is 4.99. The molecule has 3 rings (SSSR count). The van der Waals surface area contributed by atoms with Crippen molar-refractivity contribution < 1.29 is 9.53 Å². The van der Waals surface area contributed by atoms with Crippen LogP contribution in [0.25, 0.3) is 10.6 Å². The molecule has 0 unspecified atom stereocenters. The molecule has 1 aliphatic heterocycles. The molecule has 1 aliphatic rings. The molecule has 1 fully saturated rings. The number of carbonyl (C=O) groups excluding carboxylic acids is 1. The smallest absolute Gasteiger partial charge is 0.265 e. The lowest BCUT2D eigenvalue weighted by Crippen LogP contribution is -2.46. The second kappa shape index (κ2) is 6.99. The summed E-state index contributed by atoms with van der Waals surface area (Å²) in [6.45, 7) is 2.79. The average Bonchev–Trinajstić information content (AvgIpc) is 3.04. The van der Waals surface area contributed by atoms with E-state index in [2.05, 4.69) is 11.9 Å². The second-order valence-corrected chi connectivity index (χ2v) is 7.18. The zero-order chi connectivity index (χ0) is 16.4.